The van der Waals surface area contributed by atoms with Crippen LogP contribution in [0.1, 0.15) is 13.3 Å². The van der Waals surface area contributed by atoms with Crippen molar-refractivity contribution in [3.8, 4) is 0 Å². The van der Waals surface area contributed by atoms with Crippen molar-refractivity contribution < 1.29 is 19.1 Å². The average Bonchev–Trinajstić information content (AvgIpc) is 2.10. The van der Waals surface area contributed by atoms with Crippen LogP contribution in [-0.2, 0) is 19.1 Å². The quantitative estimate of drug-likeness (QED) is 0.436. The molecule has 0 spiro atoms. The molecule has 0 unspecified atom stereocenters. The summed E-state index contributed by atoms with van der Waals surface area (Å²) in [7, 11) is 1.60. The number of carbonyl (C=O) groups excluding carboxylic acids is 2. The molecule has 5 heteroatoms. The van der Waals surface area contributed by atoms with Crippen LogP contribution in [0.15, 0.2) is 0 Å². The van der Waals surface area contributed by atoms with Gasteiger partial charge in [-0.2, -0.15) is 0 Å². The summed E-state index contributed by atoms with van der Waals surface area (Å²) in [5.74, 6) is -0.393. The summed E-state index contributed by atoms with van der Waals surface area (Å²) in [5.41, 5.74) is 0. The predicted octanol–water partition coefficient (Wildman–Crippen LogP) is -0.255. The molecule has 0 aliphatic carbocycles. The smallest absolute Gasteiger partial charge is 0.227 e. The second-order valence-corrected chi connectivity index (χ2v) is 2.83. The molecule has 5 nitrogen and oxygen atoms in total. The average molecular weight is 203 g/mol. The first kappa shape index (κ1) is 13.1. The third-order valence-electron chi connectivity index (χ3n) is 1.41. The van der Waals surface area contributed by atoms with E-state index in [4.69, 9.17) is 9.47 Å². The second-order valence-electron chi connectivity index (χ2n) is 2.83. The van der Waals surface area contributed by atoms with Crippen LogP contribution in [0, 0.1) is 0 Å². The minimum atomic E-state index is -0.257. The lowest BCUT2D eigenvalue weighted by Gasteiger charge is -2.04. The van der Waals surface area contributed by atoms with Crippen LogP contribution in [0.4, 0.5) is 0 Å². The molecule has 0 radical (unpaired) electrons. The Labute approximate surface area is 83.8 Å². The van der Waals surface area contributed by atoms with Gasteiger partial charge < -0.3 is 14.8 Å². The van der Waals surface area contributed by atoms with Gasteiger partial charge >= 0.3 is 0 Å². The molecule has 1 amide bonds. The monoisotopic (exact) mass is 203 g/mol. The maximum absolute atomic E-state index is 10.9. The summed E-state index contributed by atoms with van der Waals surface area (Å²) >= 11 is 0. The fraction of sp³-hybridized carbons (Fsp3) is 0.778. The Morgan fingerprint density at radius 1 is 1.21 bits per heavy atom. The van der Waals surface area contributed by atoms with Gasteiger partial charge in [0.25, 0.3) is 0 Å². The molecule has 0 aromatic rings. The highest BCUT2D eigenvalue weighted by atomic mass is 16.5. The lowest BCUT2D eigenvalue weighted by molar-refractivity contribution is -0.127. The van der Waals surface area contributed by atoms with Gasteiger partial charge in [-0.1, -0.05) is 0 Å². The Morgan fingerprint density at radius 2 is 1.93 bits per heavy atom. The first-order valence-corrected chi connectivity index (χ1v) is 4.49. The number of ketones is 1. The zero-order chi connectivity index (χ0) is 10.8. The van der Waals surface area contributed by atoms with Gasteiger partial charge in [-0.15, -0.1) is 0 Å². The van der Waals surface area contributed by atoms with Crippen LogP contribution < -0.4 is 5.32 Å². The summed E-state index contributed by atoms with van der Waals surface area (Å²) in [4.78, 5) is 21.4. The van der Waals surface area contributed by atoms with Crippen LogP contribution in [0.5, 0.6) is 0 Å². The molecule has 1 N–H and O–H groups in total. The van der Waals surface area contributed by atoms with Crippen LogP contribution in [-0.4, -0.2) is 45.2 Å². The van der Waals surface area contributed by atoms with E-state index in [-0.39, 0.29) is 18.1 Å². The molecule has 0 aromatic carbocycles. The fourth-order valence-electron chi connectivity index (χ4n) is 0.796. The highest BCUT2D eigenvalue weighted by Crippen LogP contribution is 1.81. The largest absolute Gasteiger partial charge is 0.382 e. The van der Waals surface area contributed by atoms with E-state index in [0.29, 0.717) is 26.4 Å². The van der Waals surface area contributed by atoms with E-state index in [1.807, 2.05) is 0 Å². The van der Waals surface area contributed by atoms with E-state index >= 15 is 0 Å². The number of methoxy groups -OCH3 is 1. The Bertz CT molecular complexity index is 182. The van der Waals surface area contributed by atoms with Crippen molar-refractivity contribution in [3.05, 3.63) is 0 Å². The Kier molecular flexibility index (Phi) is 8.07. The molecule has 0 atom stereocenters. The zero-order valence-corrected chi connectivity index (χ0v) is 8.67. The molecule has 0 rings (SSSR count). The fourth-order valence-corrected chi connectivity index (χ4v) is 0.796. The Balaban J connectivity index is 3.19. The molecule has 0 saturated heterocycles. The van der Waals surface area contributed by atoms with Gasteiger partial charge in [0.15, 0.2) is 0 Å². The highest BCUT2D eigenvalue weighted by Gasteiger charge is 2.02. The summed E-state index contributed by atoms with van der Waals surface area (Å²) in [5, 5.41) is 2.57. The van der Waals surface area contributed by atoms with E-state index < -0.39 is 0 Å². The van der Waals surface area contributed by atoms with E-state index in [9.17, 15) is 9.59 Å². The molecule has 0 fully saturated rings. The SMILES string of the molecule is COCCOCCNC(=O)CC(C)=O. The Hall–Kier alpha value is -0.940. The normalized spacial score (nSPS) is 9.86. The lowest BCUT2D eigenvalue weighted by Crippen LogP contribution is -2.28. The van der Waals surface area contributed by atoms with Gasteiger partial charge in [0.05, 0.1) is 26.2 Å². The van der Waals surface area contributed by atoms with Crippen molar-refractivity contribution >= 4 is 11.7 Å². The van der Waals surface area contributed by atoms with E-state index in [0.717, 1.165) is 0 Å². The zero-order valence-electron chi connectivity index (χ0n) is 8.67. The molecule has 0 aliphatic heterocycles. The maximum Gasteiger partial charge on any atom is 0.227 e. The highest BCUT2D eigenvalue weighted by molar-refractivity contribution is 5.96. The number of rotatable bonds is 8. The Morgan fingerprint density at radius 3 is 2.50 bits per heavy atom. The third-order valence-corrected chi connectivity index (χ3v) is 1.41. The number of hydrogen-bond donors (Lipinski definition) is 1. The minimum Gasteiger partial charge on any atom is -0.382 e. The standard InChI is InChI=1S/C9H17NO4/c1-8(11)7-9(12)10-3-4-14-6-5-13-2/h3-7H2,1-2H3,(H,10,12). The van der Waals surface area contributed by atoms with Gasteiger partial charge in [0.1, 0.15) is 5.78 Å². The molecule has 0 bridgehead atoms. The number of hydrogen-bond acceptors (Lipinski definition) is 4. The van der Waals surface area contributed by atoms with Crippen LogP contribution in [0.25, 0.3) is 0 Å². The molecule has 82 valence electrons. The number of amides is 1. The van der Waals surface area contributed by atoms with Crippen LogP contribution in [0.2, 0.25) is 0 Å². The number of carbonyl (C=O) groups is 2. The van der Waals surface area contributed by atoms with E-state index in [1.54, 1.807) is 7.11 Å². The summed E-state index contributed by atoms with van der Waals surface area (Å²) in [6, 6.07) is 0. The van der Waals surface area contributed by atoms with Crippen molar-refractivity contribution in [2.24, 2.45) is 0 Å². The molecule has 0 saturated carbocycles. The van der Waals surface area contributed by atoms with Crippen molar-refractivity contribution in [1.29, 1.82) is 0 Å². The summed E-state index contributed by atoms with van der Waals surface area (Å²) < 4.78 is 9.87. The minimum absolute atomic E-state index is 0.0575. The molecule has 14 heavy (non-hydrogen) atoms. The number of Topliss-reactive ketones (excluding diaryl/α,β-unsaturated/α-hetero) is 1. The van der Waals surface area contributed by atoms with Gasteiger partial charge in [0.2, 0.25) is 5.91 Å². The van der Waals surface area contributed by atoms with Crippen LogP contribution >= 0.6 is 0 Å². The number of ether oxygens (including phenoxy) is 2. The summed E-state index contributed by atoms with van der Waals surface area (Å²) in [6.45, 7) is 3.30. The predicted molar refractivity (Wildman–Crippen MR) is 51.0 cm³/mol. The van der Waals surface area contributed by atoms with E-state index in [2.05, 4.69) is 5.32 Å². The van der Waals surface area contributed by atoms with Gasteiger partial charge in [0, 0.05) is 13.7 Å². The van der Waals surface area contributed by atoms with Crippen molar-refractivity contribution in [2.45, 2.75) is 13.3 Å². The topological polar surface area (TPSA) is 64.6 Å². The van der Waals surface area contributed by atoms with Crippen molar-refractivity contribution in [1.82, 2.24) is 5.32 Å². The molecule has 0 heterocycles. The maximum atomic E-state index is 10.9. The molecule has 0 aliphatic rings. The number of nitrogens with one attached hydrogen (secondary N) is 1. The van der Waals surface area contributed by atoms with Gasteiger partial charge in [-0.25, -0.2) is 0 Å². The second kappa shape index (κ2) is 8.65. The van der Waals surface area contributed by atoms with Crippen molar-refractivity contribution in [3.63, 3.8) is 0 Å². The van der Waals surface area contributed by atoms with E-state index in [1.165, 1.54) is 6.92 Å². The van der Waals surface area contributed by atoms with Crippen molar-refractivity contribution in [2.75, 3.05) is 33.5 Å². The van der Waals surface area contributed by atoms with Crippen LogP contribution in [0.3, 0.4) is 0 Å². The molecular formula is C9H17NO4. The summed E-state index contributed by atoms with van der Waals surface area (Å²) in [6.07, 6.45) is -0.0575. The van der Waals surface area contributed by atoms with Gasteiger partial charge in [-0.05, 0) is 6.92 Å². The van der Waals surface area contributed by atoms with Gasteiger partial charge in [-0.3, -0.25) is 9.59 Å². The molecular weight excluding hydrogens is 186 g/mol. The first-order chi connectivity index (χ1) is 6.66. The first-order valence-electron chi connectivity index (χ1n) is 4.49. The molecule has 0 aromatic heterocycles. The third kappa shape index (κ3) is 9.15. The lowest BCUT2D eigenvalue weighted by atomic mass is 10.3.